The van der Waals surface area contributed by atoms with Crippen molar-refractivity contribution in [2.24, 2.45) is 17.3 Å². The highest BCUT2D eigenvalue weighted by Crippen LogP contribution is 2.52. The fraction of sp³-hybridized carbons (Fsp3) is 0.625. The van der Waals surface area contributed by atoms with Crippen LogP contribution < -0.4 is 0 Å². The van der Waals surface area contributed by atoms with Crippen molar-refractivity contribution in [2.75, 3.05) is 7.11 Å². The van der Waals surface area contributed by atoms with Crippen LogP contribution >= 0.6 is 0 Å². The Morgan fingerprint density at radius 3 is 2.89 bits per heavy atom. The van der Waals surface area contributed by atoms with E-state index in [1.807, 2.05) is 0 Å². The van der Waals surface area contributed by atoms with Gasteiger partial charge < -0.3 is 4.74 Å². The average Bonchev–Trinajstić information content (AvgIpc) is 2.43. The number of carbonyl (C=O) groups excluding carboxylic acids is 2. The van der Waals surface area contributed by atoms with Crippen molar-refractivity contribution in [3.63, 3.8) is 0 Å². The molecule has 19 heavy (non-hydrogen) atoms. The standard InChI is InChI=1S/C16H22O3/c1-11(15(18)19-3)12-6-8-16(2)7-4-5-13(10-17)14(16)9-12/h5,10,12,14H,1,4,6-9H2,2-3H3/t12-,14+,16-/m1/s1. The number of carbonyl (C=O) groups is 2. The monoisotopic (exact) mass is 262 g/mol. The lowest BCUT2D eigenvalue weighted by Gasteiger charge is -2.47. The largest absolute Gasteiger partial charge is 0.466 e. The lowest BCUT2D eigenvalue weighted by molar-refractivity contribution is -0.137. The lowest BCUT2D eigenvalue weighted by Crippen LogP contribution is -2.38. The number of fused-ring (bicyclic) bond motifs is 1. The van der Waals surface area contributed by atoms with Gasteiger partial charge in [0, 0.05) is 5.57 Å². The highest BCUT2D eigenvalue weighted by molar-refractivity contribution is 5.88. The maximum absolute atomic E-state index is 11.6. The quantitative estimate of drug-likeness (QED) is 0.446. The molecule has 2 aliphatic rings. The van der Waals surface area contributed by atoms with E-state index in [0.29, 0.717) is 5.57 Å². The van der Waals surface area contributed by atoms with Crippen molar-refractivity contribution in [3.05, 3.63) is 23.8 Å². The molecule has 0 aromatic heterocycles. The highest BCUT2D eigenvalue weighted by atomic mass is 16.5. The minimum Gasteiger partial charge on any atom is -0.466 e. The molecule has 2 rings (SSSR count). The topological polar surface area (TPSA) is 43.4 Å². The molecule has 0 amide bonds. The lowest BCUT2D eigenvalue weighted by atomic mass is 9.57. The van der Waals surface area contributed by atoms with Crippen LogP contribution in [0.3, 0.4) is 0 Å². The third-order valence-electron chi connectivity index (χ3n) is 5.00. The van der Waals surface area contributed by atoms with Gasteiger partial charge in [0.1, 0.15) is 6.29 Å². The summed E-state index contributed by atoms with van der Waals surface area (Å²) in [6, 6.07) is 0. The number of esters is 1. The second-order valence-electron chi connectivity index (χ2n) is 6.06. The fourth-order valence-electron chi connectivity index (χ4n) is 3.66. The summed E-state index contributed by atoms with van der Waals surface area (Å²) in [4.78, 5) is 22.8. The molecule has 0 saturated heterocycles. The molecule has 0 radical (unpaired) electrons. The second-order valence-corrected chi connectivity index (χ2v) is 6.06. The van der Waals surface area contributed by atoms with Gasteiger partial charge >= 0.3 is 5.97 Å². The molecule has 0 N–H and O–H groups in total. The molecule has 0 heterocycles. The van der Waals surface area contributed by atoms with Gasteiger partial charge in [0.2, 0.25) is 0 Å². The van der Waals surface area contributed by atoms with Crippen molar-refractivity contribution >= 4 is 12.3 Å². The Hall–Kier alpha value is -1.38. The average molecular weight is 262 g/mol. The molecule has 1 fully saturated rings. The molecule has 1 saturated carbocycles. The maximum atomic E-state index is 11.6. The number of ether oxygens (including phenoxy) is 1. The van der Waals surface area contributed by atoms with Crippen molar-refractivity contribution in [1.82, 2.24) is 0 Å². The summed E-state index contributed by atoms with van der Waals surface area (Å²) in [6.45, 7) is 6.15. The molecule has 3 atom stereocenters. The Morgan fingerprint density at radius 1 is 1.53 bits per heavy atom. The first-order valence-corrected chi connectivity index (χ1v) is 6.94. The number of hydrogen-bond acceptors (Lipinski definition) is 3. The third kappa shape index (κ3) is 2.51. The SMILES string of the molecule is C=C(C(=O)OC)[C@@H]1CC[C@@]2(C)CCC=C(C=O)[C@@H]2C1. The zero-order chi connectivity index (χ0) is 14.0. The van der Waals surface area contributed by atoms with E-state index in [0.717, 1.165) is 44.0 Å². The number of allylic oxidation sites excluding steroid dienone is 2. The van der Waals surface area contributed by atoms with E-state index in [4.69, 9.17) is 4.74 Å². The summed E-state index contributed by atoms with van der Waals surface area (Å²) in [5.41, 5.74) is 1.68. The van der Waals surface area contributed by atoms with Crippen LogP contribution in [0.5, 0.6) is 0 Å². The molecule has 0 aromatic carbocycles. The zero-order valence-corrected chi connectivity index (χ0v) is 11.8. The van der Waals surface area contributed by atoms with Gasteiger partial charge in [-0.1, -0.05) is 19.6 Å². The van der Waals surface area contributed by atoms with E-state index in [1.165, 1.54) is 7.11 Å². The third-order valence-corrected chi connectivity index (χ3v) is 5.00. The Balaban J connectivity index is 2.18. The Bertz CT molecular complexity index is 435. The molecule has 104 valence electrons. The second kappa shape index (κ2) is 5.32. The molecule has 0 aromatic rings. The van der Waals surface area contributed by atoms with E-state index in [2.05, 4.69) is 19.6 Å². The molecule has 0 spiro atoms. The first-order chi connectivity index (χ1) is 9.01. The van der Waals surface area contributed by atoms with Crippen LogP contribution in [0.25, 0.3) is 0 Å². The van der Waals surface area contributed by atoms with Gasteiger partial charge in [-0.15, -0.1) is 0 Å². The van der Waals surface area contributed by atoms with E-state index in [9.17, 15) is 9.59 Å². The van der Waals surface area contributed by atoms with Crippen LogP contribution in [0.2, 0.25) is 0 Å². The Kier molecular flexibility index (Phi) is 3.93. The summed E-state index contributed by atoms with van der Waals surface area (Å²) < 4.78 is 4.76. The molecule has 0 unspecified atom stereocenters. The normalized spacial score (nSPS) is 33.9. The predicted octanol–water partition coefficient (Wildman–Crippen LogP) is 3.06. The van der Waals surface area contributed by atoms with Crippen LogP contribution in [-0.2, 0) is 14.3 Å². The predicted molar refractivity (Wildman–Crippen MR) is 73.5 cm³/mol. The molecule has 3 heteroatoms. The zero-order valence-electron chi connectivity index (χ0n) is 11.8. The van der Waals surface area contributed by atoms with Crippen LogP contribution in [0.4, 0.5) is 0 Å². The number of hydrogen-bond donors (Lipinski definition) is 0. The minimum atomic E-state index is -0.318. The highest BCUT2D eigenvalue weighted by Gasteiger charge is 2.44. The van der Waals surface area contributed by atoms with Gasteiger partial charge in [0.05, 0.1) is 7.11 Å². The van der Waals surface area contributed by atoms with Crippen LogP contribution in [0.15, 0.2) is 23.8 Å². The molecular weight excluding hydrogens is 240 g/mol. The molecule has 0 bridgehead atoms. The maximum Gasteiger partial charge on any atom is 0.333 e. The van der Waals surface area contributed by atoms with Crippen LogP contribution in [0, 0.1) is 17.3 Å². The van der Waals surface area contributed by atoms with Gasteiger partial charge in [0.15, 0.2) is 0 Å². The number of methoxy groups -OCH3 is 1. The van der Waals surface area contributed by atoms with Crippen molar-refractivity contribution in [3.8, 4) is 0 Å². The summed E-state index contributed by atoms with van der Waals surface area (Å²) in [5.74, 6) is 0.0897. The van der Waals surface area contributed by atoms with Gasteiger partial charge in [-0.05, 0) is 54.9 Å². The molecular formula is C16H22O3. The van der Waals surface area contributed by atoms with Gasteiger partial charge in [-0.3, -0.25) is 4.79 Å². The Labute approximate surface area is 114 Å². The van der Waals surface area contributed by atoms with E-state index < -0.39 is 0 Å². The number of aldehydes is 1. The van der Waals surface area contributed by atoms with Gasteiger partial charge in [-0.25, -0.2) is 4.79 Å². The summed E-state index contributed by atoms with van der Waals surface area (Å²) in [7, 11) is 1.39. The molecule has 2 aliphatic carbocycles. The summed E-state index contributed by atoms with van der Waals surface area (Å²) in [6.07, 6.45) is 8.02. The minimum absolute atomic E-state index is 0.145. The van der Waals surface area contributed by atoms with E-state index in [-0.39, 0.29) is 23.2 Å². The van der Waals surface area contributed by atoms with Crippen molar-refractivity contribution in [2.45, 2.75) is 39.0 Å². The van der Waals surface area contributed by atoms with E-state index in [1.54, 1.807) is 0 Å². The summed E-state index contributed by atoms with van der Waals surface area (Å²) >= 11 is 0. The fourth-order valence-corrected chi connectivity index (χ4v) is 3.66. The van der Waals surface area contributed by atoms with Gasteiger partial charge in [-0.2, -0.15) is 0 Å². The smallest absolute Gasteiger partial charge is 0.333 e. The first kappa shape index (κ1) is 14.0. The van der Waals surface area contributed by atoms with Crippen molar-refractivity contribution in [1.29, 1.82) is 0 Å². The molecule has 0 aliphatic heterocycles. The Morgan fingerprint density at radius 2 is 2.26 bits per heavy atom. The van der Waals surface area contributed by atoms with E-state index >= 15 is 0 Å². The van der Waals surface area contributed by atoms with Crippen LogP contribution in [-0.4, -0.2) is 19.4 Å². The first-order valence-electron chi connectivity index (χ1n) is 6.94. The summed E-state index contributed by atoms with van der Waals surface area (Å²) in [5, 5.41) is 0. The van der Waals surface area contributed by atoms with Gasteiger partial charge in [0.25, 0.3) is 0 Å². The van der Waals surface area contributed by atoms with Crippen molar-refractivity contribution < 1.29 is 14.3 Å². The molecule has 3 nitrogen and oxygen atoms in total. The number of rotatable bonds is 3. The van der Waals surface area contributed by atoms with Crippen LogP contribution in [0.1, 0.15) is 39.0 Å².